The zero-order valence-electron chi connectivity index (χ0n) is 15.2. The Morgan fingerprint density at radius 2 is 2.11 bits per heavy atom. The molecule has 0 amide bonds. The summed E-state index contributed by atoms with van der Waals surface area (Å²) >= 11 is 1.28. The first-order valence-corrected chi connectivity index (χ1v) is 9.82. The summed E-state index contributed by atoms with van der Waals surface area (Å²) in [5.41, 5.74) is 1.84. The van der Waals surface area contributed by atoms with Gasteiger partial charge in [0.05, 0.1) is 27.7 Å². The van der Waals surface area contributed by atoms with Gasteiger partial charge in [-0.2, -0.15) is 0 Å². The van der Waals surface area contributed by atoms with E-state index in [2.05, 4.69) is 11.9 Å². The first kappa shape index (κ1) is 18.2. The molecule has 0 saturated heterocycles. The molecule has 0 spiro atoms. The summed E-state index contributed by atoms with van der Waals surface area (Å²) in [6.45, 7) is 2.73. The number of carboxylic acids is 1. The van der Waals surface area contributed by atoms with Crippen molar-refractivity contribution < 1.29 is 14.6 Å². The molecule has 2 heterocycles. The van der Waals surface area contributed by atoms with Crippen molar-refractivity contribution in [3.8, 4) is 5.75 Å². The molecule has 0 bridgehead atoms. The Morgan fingerprint density at radius 1 is 1.29 bits per heavy atom. The zero-order chi connectivity index (χ0) is 19.7. The molecule has 2 aromatic heterocycles. The highest BCUT2D eigenvalue weighted by Crippen LogP contribution is 2.21. The van der Waals surface area contributed by atoms with Crippen molar-refractivity contribution in [2.75, 3.05) is 6.61 Å². The number of hydrogen-bond acceptors (Lipinski definition) is 5. The smallest absolute Gasteiger partial charge is 0.335 e. The number of carbonyl (C=O) groups is 1. The molecule has 0 radical (unpaired) electrons. The van der Waals surface area contributed by atoms with Crippen molar-refractivity contribution >= 4 is 39.4 Å². The Hall–Kier alpha value is -3.19. The second-order valence-electron chi connectivity index (χ2n) is 6.39. The Labute approximate surface area is 164 Å². The number of fused-ring (bicyclic) bond motifs is 3. The highest BCUT2D eigenvalue weighted by Gasteiger charge is 2.14. The predicted octanol–water partition coefficient (Wildman–Crippen LogP) is 3.33. The van der Waals surface area contributed by atoms with E-state index in [4.69, 9.17) is 4.74 Å². The van der Waals surface area contributed by atoms with E-state index in [0.717, 1.165) is 24.2 Å². The number of nitrogens with zero attached hydrogens (tertiary/aromatic N) is 2. The summed E-state index contributed by atoms with van der Waals surface area (Å²) in [6.07, 6.45) is 3.81. The number of rotatable bonds is 6. The third-order valence-corrected chi connectivity index (χ3v) is 5.42. The summed E-state index contributed by atoms with van der Waals surface area (Å²) in [5.74, 6) is -0.302. The molecular weight excluding hydrogens is 376 g/mol. The second-order valence-corrected chi connectivity index (χ2v) is 7.40. The third-order valence-electron chi connectivity index (χ3n) is 4.45. The van der Waals surface area contributed by atoms with Crippen molar-refractivity contribution in [2.24, 2.45) is 0 Å². The largest absolute Gasteiger partial charge is 0.493 e. The van der Waals surface area contributed by atoms with Crippen LogP contribution >= 0.6 is 11.3 Å². The van der Waals surface area contributed by atoms with Crippen LogP contribution in [0.5, 0.6) is 5.75 Å². The first-order valence-electron chi connectivity index (χ1n) is 9.00. The van der Waals surface area contributed by atoms with Gasteiger partial charge in [-0.05, 0) is 36.8 Å². The van der Waals surface area contributed by atoms with E-state index < -0.39 is 5.97 Å². The molecule has 0 aliphatic heterocycles. The number of benzene rings is 2. The molecule has 0 aliphatic carbocycles. The first-order chi connectivity index (χ1) is 13.6. The summed E-state index contributed by atoms with van der Waals surface area (Å²) in [5, 5.41) is 9.22. The van der Waals surface area contributed by atoms with Crippen LogP contribution in [0, 0.1) is 0 Å². The van der Waals surface area contributed by atoms with Crippen molar-refractivity contribution in [1.29, 1.82) is 0 Å². The van der Waals surface area contributed by atoms with E-state index in [0.29, 0.717) is 27.1 Å². The van der Waals surface area contributed by atoms with Gasteiger partial charge in [0, 0.05) is 5.56 Å². The fraction of sp³-hybridized carbons (Fsp3) is 0.190. The molecule has 4 aromatic rings. The highest BCUT2D eigenvalue weighted by atomic mass is 32.1. The topological polar surface area (TPSA) is 80.9 Å². The quantitative estimate of drug-likeness (QED) is 0.507. The fourth-order valence-electron chi connectivity index (χ4n) is 2.99. The van der Waals surface area contributed by atoms with Crippen LogP contribution < -0.4 is 14.8 Å². The molecule has 1 N–H and O–H groups in total. The Bertz CT molecular complexity index is 1290. The number of para-hydroxylation sites is 1. The molecule has 142 valence electrons. The maximum Gasteiger partial charge on any atom is 0.335 e. The summed E-state index contributed by atoms with van der Waals surface area (Å²) in [4.78, 5) is 29.2. The van der Waals surface area contributed by atoms with Gasteiger partial charge in [0.15, 0.2) is 4.96 Å². The van der Waals surface area contributed by atoms with Crippen molar-refractivity contribution in [2.45, 2.75) is 19.8 Å². The van der Waals surface area contributed by atoms with E-state index in [1.54, 1.807) is 12.1 Å². The molecule has 6 nitrogen and oxygen atoms in total. The average molecular weight is 394 g/mol. The highest BCUT2D eigenvalue weighted by molar-refractivity contribution is 7.15. The lowest BCUT2D eigenvalue weighted by atomic mass is 10.2. The standard InChI is InChI=1S/C21H18N2O4S/c1-2-3-10-27-17-7-5-4-6-13(17)12-18-19(24)23-16-11-14(20(25)26)8-9-15(16)22-21(23)28-18/h4-9,11-12H,2-3,10H2,1H3,(H,25,26)/b18-12-. The maximum absolute atomic E-state index is 13.0. The van der Waals surface area contributed by atoms with Gasteiger partial charge in [0.1, 0.15) is 5.75 Å². The lowest BCUT2D eigenvalue weighted by Crippen LogP contribution is -2.22. The van der Waals surface area contributed by atoms with Gasteiger partial charge in [0.25, 0.3) is 5.56 Å². The number of hydrogen-bond donors (Lipinski definition) is 1. The van der Waals surface area contributed by atoms with Crippen LogP contribution in [0.1, 0.15) is 35.7 Å². The van der Waals surface area contributed by atoms with Gasteiger partial charge in [0.2, 0.25) is 0 Å². The number of aromatic nitrogens is 2. The molecule has 0 unspecified atom stereocenters. The van der Waals surface area contributed by atoms with Crippen LogP contribution in [0.2, 0.25) is 0 Å². The Morgan fingerprint density at radius 3 is 2.89 bits per heavy atom. The van der Waals surface area contributed by atoms with Crippen molar-refractivity contribution in [1.82, 2.24) is 9.38 Å². The fourth-order valence-corrected chi connectivity index (χ4v) is 3.97. The minimum absolute atomic E-state index is 0.125. The number of thiazole rings is 1. The zero-order valence-corrected chi connectivity index (χ0v) is 16.0. The molecule has 0 atom stereocenters. The number of aromatic carboxylic acids is 1. The van der Waals surface area contributed by atoms with Gasteiger partial charge in [-0.25, -0.2) is 14.2 Å². The van der Waals surface area contributed by atoms with E-state index in [9.17, 15) is 14.7 Å². The second kappa shape index (κ2) is 7.44. The van der Waals surface area contributed by atoms with Crippen molar-refractivity contribution in [3.05, 3.63) is 68.5 Å². The molecular formula is C21H18N2O4S. The van der Waals surface area contributed by atoms with Crippen LogP contribution in [-0.2, 0) is 0 Å². The maximum atomic E-state index is 13.0. The molecule has 0 fully saturated rings. The molecule has 4 rings (SSSR count). The van der Waals surface area contributed by atoms with Crippen LogP contribution in [-0.4, -0.2) is 27.1 Å². The lowest BCUT2D eigenvalue weighted by Gasteiger charge is -2.07. The van der Waals surface area contributed by atoms with E-state index in [-0.39, 0.29) is 11.1 Å². The van der Waals surface area contributed by atoms with E-state index >= 15 is 0 Å². The predicted molar refractivity (Wildman–Crippen MR) is 109 cm³/mol. The number of ether oxygens (including phenoxy) is 1. The lowest BCUT2D eigenvalue weighted by molar-refractivity contribution is 0.0697. The molecule has 0 aliphatic rings. The van der Waals surface area contributed by atoms with Gasteiger partial charge >= 0.3 is 5.97 Å². The Balaban J connectivity index is 1.84. The Kier molecular flexibility index (Phi) is 4.83. The molecule has 2 aromatic carbocycles. The number of imidazole rings is 1. The van der Waals surface area contributed by atoms with Crippen LogP contribution in [0.15, 0.2) is 47.3 Å². The monoisotopic (exact) mass is 394 g/mol. The van der Waals surface area contributed by atoms with Gasteiger partial charge in [-0.3, -0.25) is 4.79 Å². The SMILES string of the molecule is CCCCOc1ccccc1/C=c1\sc2nc3ccc(C(=O)O)cc3n2c1=O. The molecule has 28 heavy (non-hydrogen) atoms. The van der Waals surface area contributed by atoms with Crippen LogP contribution in [0.25, 0.3) is 22.1 Å². The van der Waals surface area contributed by atoms with E-state index in [1.165, 1.54) is 27.9 Å². The van der Waals surface area contributed by atoms with Crippen LogP contribution in [0.3, 0.4) is 0 Å². The minimum Gasteiger partial charge on any atom is -0.493 e. The molecule has 0 saturated carbocycles. The number of unbranched alkanes of at least 4 members (excludes halogenated alkanes) is 1. The van der Waals surface area contributed by atoms with Gasteiger partial charge in [-0.1, -0.05) is 42.9 Å². The number of carboxylic acid groups (broad SMARTS) is 1. The summed E-state index contributed by atoms with van der Waals surface area (Å²) < 4.78 is 7.84. The normalized spacial score (nSPS) is 12.1. The minimum atomic E-state index is -1.04. The van der Waals surface area contributed by atoms with E-state index in [1.807, 2.05) is 24.3 Å². The van der Waals surface area contributed by atoms with Crippen molar-refractivity contribution in [3.63, 3.8) is 0 Å². The third kappa shape index (κ3) is 3.25. The van der Waals surface area contributed by atoms with Gasteiger partial charge < -0.3 is 9.84 Å². The summed E-state index contributed by atoms with van der Waals surface area (Å²) in [7, 11) is 0. The summed E-state index contributed by atoms with van der Waals surface area (Å²) in [6, 6.07) is 12.2. The van der Waals surface area contributed by atoms with Crippen LogP contribution in [0.4, 0.5) is 0 Å². The average Bonchev–Trinajstić information content (AvgIpc) is 3.19. The molecule has 7 heteroatoms. The van der Waals surface area contributed by atoms with Gasteiger partial charge in [-0.15, -0.1) is 0 Å².